The minimum atomic E-state index is -4.34. The number of piperazine rings is 1. The number of alkyl halides is 3. The van der Waals surface area contributed by atoms with Crippen molar-refractivity contribution in [1.82, 2.24) is 15.1 Å². The van der Waals surface area contributed by atoms with Crippen molar-refractivity contribution in [2.45, 2.75) is 12.6 Å². The first-order valence-electron chi connectivity index (χ1n) is 9.41. The van der Waals surface area contributed by atoms with Crippen LogP contribution in [0.1, 0.15) is 12.0 Å². The summed E-state index contributed by atoms with van der Waals surface area (Å²) >= 11 is 0. The van der Waals surface area contributed by atoms with E-state index in [4.69, 9.17) is 0 Å². The molecule has 1 aromatic carbocycles. The van der Waals surface area contributed by atoms with Gasteiger partial charge in [0.2, 0.25) is 5.91 Å². The highest BCUT2D eigenvalue weighted by Crippen LogP contribution is 2.31. The zero-order valence-electron chi connectivity index (χ0n) is 16.7. The van der Waals surface area contributed by atoms with E-state index in [-0.39, 0.29) is 12.5 Å². The van der Waals surface area contributed by atoms with Gasteiger partial charge in [0.25, 0.3) is 0 Å². The molecule has 7 nitrogen and oxygen atoms in total. The van der Waals surface area contributed by atoms with Crippen molar-refractivity contribution >= 4 is 17.7 Å². The second kappa shape index (κ2) is 10.3. The van der Waals surface area contributed by atoms with Gasteiger partial charge in [-0.25, -0.2) is 4.79 Å². The highest BCUT2D eigenvalue weighted by molar-refractivity contribution is 5.81. The summed E-state index contributed by atoms with van der Waals surface area (Å²) in [7, 11) is 2.73. The molecule has 2 amide bonds. The molecule has 1 N–H and O–H groups in total. The molecular weight excluding hydrogens is 389 g/mol. The van der Waals surface area contributed by atoms with Crippen LogP contribution in [0.3, 0.4) is 0 Å². The smallest absolute Gasteiger partial charge is 0.416 e. The Balaban J connectivity index is 1.68. The minimum Gasteiger partial charge on any atom is -0.453 e. The van der Waals surface area contributed by atoms with Gasteiger partial charge >= 0.3 is 12.3 Å². The Morgan fingerprint density at radius 2 is 1.90 bits per heavy atom. The molecule has 1 saturated heterocycles. The normalized spacial score (nSPS) is 15.1. The van der Waals surface area contributed by atoms with Gasteiger partial charge in [-0.1, -0.05) is 6.07 Å². The van der Waals surface area contributed by atoms with Gasteiger partial charge in [0.15, 0.2) is 0 Å². The third-order valence-electron chi connectivity index (χ3n) is 4.75. The van der Waals surface area contributed by atoms with E-state index < -0.39 is 17.8 Å². The molecule has 0 spiro atoms. The summed E-state index contributed by atoms with van der Waals surface area (Å²) in [5.74, 6) is -0.257. The zero-order valence-corrected chi connectivity index (χ0v) is 16.7. The molecule has 10 heteroatoms. The molecule has 1 aromatic rings. The van der Waals surface area contributed by atoms with E-state index in [1.807, 2.05) is 4.90 Å². The molecule has 0 saturated carbocycles. The molecule has 2 rings (SSSR count). The van der Waals surface area contributed by atoms with E-state index in [1.165, 1.54) is 31.2 Å². The summed E-state index contributed by atoms with van der Waals surface area (Å²) in [5, 5.41) is 2.76. The summed E-state index contributed by atoms with van der Waals surface area (Å²) in [4.78, 5) is 28.4. The second-order valence-electron chi connectivity index (χ2n) is 6.91. The fourth-order valence-electron chi connectivity index (χ4n) is 3.13. The fourth-order valence-corrected chi connectivity index (χ4v) is 3.13. The van der Waals surface area contributed by atoms with Crippen LogP contribution in [0.15, 0.2) is 24.3 Å². The van der Waals surface area contributed by atoms with Crippen LogP contribution < -0.4 is 10.2 Å². The van der Waals surface area contributed by atoms with E-state index in [2.05, 4.69) is 15.0 Å². The quantitative estimate of drug-likeness (QED) is 0.690. The maximum absolute atomic E-state index is 12.9. The Kier molecular flexibility index (Phi) is 8.12. The van der Waals surface area contributed by atoms with Gasteiger partial charge in [0, 0.05) is 45.5 Å². The van der Waals surface area contributed by atoms with E-state index in [0.717, 1.165) is 32.1 Å². The summed E-state index contributed by atoms with van der Waals surface area (Å²) in [6.07, 6.45) is -4.16. The molecule has 0 aliphatic carbocycles. The number of hydrogen-bond acceptors (Lipinski definition) is 5. The predicted octanol–water partition coefficient (Wildman–Crippen LogP) is 2.03. The van der Waals surface area contributed by atoms with Gasteiger partial charge in [0.05, 0.1) is 12.7 Å². The second-order valence-corrected chi connectivity index (χ2v) is 6.91. The van der Waals surface area contributed by atoms with E-state index in [9.17, 15) is 22.8 Å². The maximum atomic E-state index is 12.9. The number of amides is 2. The number of hydrogen-bond donors (Lipinski definition) is 1. The molecule has 29 heavy (non-hydrogen) atoms. The molecule has 0 bridgehead atoms. The highest BCUT2D eigenvalue weighted by Gasteiger charge is 2.31. The first-order chi connectivity index (χ1) is 13.7. The number of nitrogens with one attached hydrogen (secondary N) is 1. The Morgan fingerprint density at radius 1 is 1.21 bits per heavy atom. The van der Waals surface area contributed by atoms with Gasteiger partial charge in [-0.2, -0.15) is 13.2 Å². The zero-order chi connectivity index (χ0) is 21.4. The number of rotatable bonds is 7. The van der Waals surface area contributed by atoms with E-state index in [1.54, 1.807) is 6.07 Å². The predicted molar refractivity (Wildman–Crippen MR) is 103 cm³/mol. The third-order valence-corrected chi connectivity index (χ3v) is 4.75. The summed E-state index contributed by atoms with van der Waals surface area (Å²) in [6, 6.07) is 5.41. The lowest BCUT2D eigenvalue weighted by molar-refractivity contribution is -0.137. The molecular formula is C19H27F3N4O3. The van der Waals surface area contributed by atoms with Gasteiger partial charge in [-0.3, -0.25) is 9.69 Å². The average molecular weight is 416 g/mol. The van der Waals surface area contributed by atoms with Crippen LogP contribution >= 0.6 is 0 Å². The Morgan fingerprint density at radius 3 is 2.52 bits per heavy atom. The van der Waals surface area contributed by atoms with Crippen molar-refractivity contribution < 1.29 is 27.5 Å². The lowest BCUT2D eigenvalue weighted by atomic mass is 10.1. The van der Waals surface area contributed by atoms with Crippen molar-refractivity contribution in [2.75, 3.05) is 64.9 Å². The highest BCUT2D eigenvalue weighted by atomic mass is 19.4. The van der Waals surface area contributed by atoms with Crippen molar-refractivity contribution in [3.63, 3.8) is 0 Å². The Labute approximate surface area is 168 Å². The molecule has 162 valence electrons. The van der Waals surface area contributed by atoms with Crippen molar-refractivity contribution in [1.29, 1.82) is 0 Å². The van der Waals surface area contributed by atoms with Crippen molar-refractivity contribution in [3.05, 3.63) is 29.8 Å². The average Bonchev–Trinajstić information content (AvgIpc) is 2.70. The third kappa shape index (κ3) is 7.12. The van der Waals surface area contributed by atoms with Crippen LogP contribution in [0.5, 0.6) is 0 Å². The summed E-state index contributed by atoms with van der Waals surface area (Å²) in [6.45, 7) is 3.99. The maximum Gasteiger partial charge on any atom is 0.416 e. The number of carbonyl (C=O) groups is 2. The number of carbonyl (C=O) groups excluding carboxylic acids is 2. The van der Waals surface area contributed by atoms with Crippen LogP contribution in [0.25, 0.3) is 0 Å². The van der Waals surface area contributed by atoms with Gasteiger partial charge in [-0.15, -0.1) is 0 Å². The largest absolute Gasteiger partial charge is 0.453 e. The van der Waals surface area contributed by atoms with Crippen LogP contribution in [0.2, 0.25) is 0 Å². The minimum absolute atomic E-state index is 0.0671. The number of ether oxygens (including phenoxy) is 1. The van der Waals surface area contributed by atoms with E-state index in [0.29, 0.717) is 25.3 Å². The standard InChI is InChI=1S/C19H27F3N4O3/c1-24(18(28)29-2)14-17(27)23-7-4-8-25-9-11-26(12-10-25)16-6-3-5-15(13-16)19(20,21)22/h3,5-6,13H,4,7-12,14H2,1-2H3,(H,23,27). The van der Waals surface area contributed by atoms with Crippen LogP contribution in [0, 0.1) is 0 Å². The van der Waals surface area contributed by atoms with Crippen molar-refractivity contribution in [3.8, 4) is 0 Å². The van der Waals surface area contributed by atoms with Crippen molar-refractivity contribution in [2.24, 2.45) is 0 Å². The van der Waals surface area contributed by atoms with Crippen LogP contribution in [-0.2, 0) is 15.7 Å². The molecule has 0 radical (unpaired) electrons. The number of benzene rings is 1. The number of anilines is 1. The first-order valence-corrected chi connectivity index (χ1v) is 9.41. The Bertz CT molecular complexity index is 692. The van der Waals surface area contributed by atoms with Crippen LogP contribution in [0.4, 0.5) is 23.7 Å². The SMILES string of the molecule is COC(=O)N(C)CC(=O)NCCCN1CCN(c2cccc(C(F)(F)F)c2)CC1. The lowest BCUT2D eigenvalue weighted by Crippen LogP contribution is -2.47. The lowest BCUT2D eigenvalue weighted by Gasteiger charge is -2.36. The topological polar surface area (TPSA) is 65.1 Å². The Hall–Kier alpha value is -2.49. The van der Waals surface area contributed by atoms with Gasteiger partial charge in [-0.05, 0) is 31.2 Å². The number of nitrogens with zero attached hydrogens (tertiary/aromatic N) is 3. The molecule has 1 aliphatic heterocycles. The molecule has 1 heterocycles. The molecule has 1 aliphatic rings. The van der Waals surface area contributed by atoms with Gasteiger partial charge in [0.1, 0.15) is 6.54 Å². The number of likely N-dealkylation sites (N-methyl/N-ethyl adjacent to an activating group) is 1. The molecule has 0 atom stereocenters. The molecule has 0 aromatic heterocycles. The van der Waals surface area contributed by atoms with E-state index >= 15 is 0 Å². The molecule has 1 fully saturated rings. The first kappa shape index (κ1) is 22.8. The summed E-state index contributed by atoms with van der Waals surface area (Å²) in [5.41, 5.74) is -0.0486. The number of methoxy groups -OCH3 is 1. The number of halogens is 3. The monoisotopic (exact) mass is 416 g/mol. The van der Waals surface area contributed by atoms with Crippen LogP contribution in [-0.4, -0.2) is 81.8 Å². The summed E-state index contributed by atoms with van der Waals surface area (Å²) < 4.78 is 43.1. The fraction of sp³-hybridized carbons (Fsp3) is 0.579. The van der Waals surface area contributed by atoms with Gasteiger partial charge < -0.3 is 19.9 Å². The molecule has 0 unspecified atom stereocenters.